The lowest BCUT2D eigenvalue weighted by atomic mass is 9.80. The van der Waals surface area contributed by atoms with Gasteiger partial charge in [0.25, 0.3) is 0 Å². The maximum atomic E-state index is 9.82. The Balaban J connectivity index is 2.15. The van der Waals surface area contributed by atoms with Crippen LogP contribution in [0.15, 0.2) is 0 Å². The van der Waals surface area contributed by atoms with Crippen LogP contribution in [0.1, 0.15) is 26.2 Å². The maximum absolute atomic E-state index is 9.82. The summed E-state index contributed by atoms with van der Waals surface area (Å²) in [6, 6.07) is 0.344. The van der Waals surface area contributed by atoms with Crippen LogP contribution in [0, 0.1) is 5.92 Å². The standard InChI is InChI=1S/C7H12NO/c1-6(8-5-9)7-3-2-4-7/h6-7H,2-4H2,1H3,(H,8,9). The largest absolute Gasteiger partial charge is 0.345 e. The fourth-order valence-electron chi connectivity index (χ4n) is 1.15. The Morgan fingerprint density at radius 3 is 2.67 bits per heavy atom. The van der Waals surface area contributed by atoms with Gasteiger partial charge in [-0.05, 0) is 25.7 Å². The van der Waals surface area contributed by atoms with Crippen LogP contribution in [0.3, 0.4) is 0 Å². The fourth-order valence-corrected chi connectivity index (χ4v) is 1.15. The topological polar surface area (TPSA) is 29.1 Å². The minimum absolute atomic E-state index is 0.344. The predicted molar refractivity (Wildman–Crippen MR) is 35.6 cm³/mol. The van der Waals surface area contributed by atoms with E-state index >= 15 is 0 Å². The van der Waals surface area contributed by atoms with Crippen molar-refractivity contribution in [2.75, 3.05) is 0 Å². The zero-order valence-corrected chi connectivity index (χ0v) is 5.68. The van der Waals surface area contributed by atoms with Crippen molar-refractivity contribution < 1.29 is 4.79 Å². The first-order chi connectivity index (χ1) is 4.34. The predicted octanol–water partition coefficient (Wildman–Crippen LogP) is 0.832. The smallest absolute Gasteiger partial charge is 0.309 e. The summed E-state index contributed by atoms with van der Waals surface area (Å²) in [5, 5.41) is 2.64. The van der Waals surface area contributed by atoms with Gasteiger partial charge in [-0.3, -0.25) is 4.79 Å². The lowest BCUT2D eigenvalue weighted by molar-refractivity contribution is 0.257. The Hall–Kier alpha value is -0.530. The zero-order valence-electron chi connectivity index (χ0n) is 5.68. The van der Waals surface area contributed by atoms with Gasteiger partial charge in [0.1, 0.15) is 0 Å². The Kier molecular flexibility index (Phi) is 2.09. The molecule has 0 saturated heterocycles. The van der Waals surface area contributed by atoms with Crippen LogP contribution in [0.4, 0.5) is 0 Å². The first kappa shape index (κ1) is 6.59. The van der Waals surface area contributed by atoms with Crippen LogP contribution in [0.2, 0.25) is 0 Å². The lowest BCUT2D eigenvalue weighted by Crippen LogP contribution is -2.35. The SMILES string of the molecule is CC(N[C]=O)C1CCC1. The highest BCUT2D eigenvalue weighted by Gasteiger charge is 2.22. The molecule has 0 aromatic rings. The van der Waals surface area contributed by atoms with Gasteiger partial charge in [0.15, 0.2) is 0 Å². The molecule has 1 aliphatic rings. The number of carbonyl (C=O) groups excluding carboxylic acids is 1. The van der Waals surface area contributed by atoms with Crippen molar-refractivity contribution in [1.29, 1.82) is 0 Å². The summed E-state index contributed by atoms with van der Waals surface area (Å²) < 4.78 is 0. The highest BCUT2D eigenvalue weighted by atomic mass is 16.1. The molecule has 0 aliphatic heterocycles. The highest BCUT2D eigenvalue weighted by Crippen LogP contribution is 2.28. The second kappa shape index (κ2) is 2.85. The molecule has 1 atom stereocenters. The minimum atomic E-state index is 0.344. The molecule has 1 radical (unpaired) electrons. The fraction of sp³-hybridized carbons (Fsp3) is 0.857. The second-order valence-corrected chi connectivity index (χ2v) is 2.73. The van der Waals surface area contributed by atoms with Gasteiger partial charge in [0, 0.05) is 6.04 Å². The summed E-state index contributed by atoms with van der Waals surface area (Å²) in [5.41, 5.74) is 0. The van der Waals surface area contributed by atoms with Crippen molar-refractivity contribution in [2.45, 2.75) is 32.2 Å². The molecule has 2 nitrogen and oxygen atoms in total. The number of nitrogens with one attached hydrogen (secondary N) is 1. The van der Waals surface area contributed by atoms with Crippen molar-refractivity contribution in [2.24, 2.45) is 5.92 Å². The van der Waals surface area contributed by atoms with Gasteiger partial charge < -0.3 is 5.32 Å². The van der Waals surface area contributed by atoms with E-state index in [-0.39, 0.29) is 0 Å². The number of hydrogen-bond donors (Lipinski definition) is 1. The third-order valence-corrected chi connectivity index (χ3v) is 2.14. The molecule has 0 bridgehead atoms. The van der Waals surface area contributed by atoms with E-state index in [2.05, 4.69) is 5.32 Å². The quantitative estimate of drug-likeness (QED) is 0.557. The van der Waals surface area contributed by atoms with Gasteiger partial charge in [-0.1, -0.05) is 6.42 Å². The van der Waals surface area contributed by atoms with Crippen molar-refractivity contribution >= 4 is 6.41 Å². The first-order valence-corrected chi connectivity index (χ1v) is 3.47. The first-order valence-electron chi connectivity index (χ1n) is 3.47. The highest BCUT2D eigenvalue weighted by molar-refractivity contribution is 5.47. The molecular formula is C7H12NO. The van der Waals surface area contributed by atoms with Gasteiger partial charge in [0.05, 0.1) is 0 Å². The average Bonchev–Trinajstić information content (AvgIpc) is 1.60. The number of hydrogen-bond acceptors (Lipinski definition) is 1. The summed E-state index contributed by atoms with van der Waals surface area (Å²) in [6.45, 7) is 2.04. The molecule has 1 N–H and O–H groups in total. The maximum Gasteiger partial charge on any atom is 0.309 e. The van der Waals surface area contributed by atoms with E-state index in [1.165, 1.54) is 19.3 Å². The molecule has 0 heterocycles. The van der Waals surface area contributed by atoms with E-state index in [9.17, 15) is 4.79 Å². The van der Waals surface area contributed by atoms with E-state index < -0.39 is 0 Å². The van der Waals surface area contributed by atoms with Crippen molar-refractivity contribution in [3.8, 4) is 0 Å². The average molecular weight is 126 g/mol. The third kappa shape index (κ3) is 1.44. The van der Waals surface area contributed by atoms with Crippen LogP contribution < -0.4 is 5.32 Å². The van der Waals surface area contributed by atoms with Gasteiger partial charge in [-0.2, -0.15) is 0 Å². The molecule has 1 unspecified atom stereocenters. The minimum Gasteiger partial charge on any atom is -0.345 e. The lowest BCUT2D eigenvalue weighted by Gasteiger charge is -2.30. The molecule has 1 aliphatic carbocycles. The summed E-state index contributed by atoms with van der Waals surface area (Å²) >= 11 is 0. The molecule has 0 aromatic heterocycles. The monoisotopic (exact) mass is 126 g/mol. The van der Waals surface area contributed by atoms with E-state index in [4.69, 9.17) is 0 Å². The third-order valence-electron chi connectivity index (χ3n) is 2.14. The molecule has 9 heavy (non-hydrogen) atoms. The summed E-state index contributed by atoms with van der Waals surface area (Å²) in [4.78, 5) is 9.82. The van der Waals surface area contributed by atoms with Gasteiger partial charge >= 0.3 is 6.41 Å². The van der Waals surface area contributed by atoms with Crippen LogP contribution in [-0.4, -0.2) is 12.5 Å². The Bertz CT molecular complexity index is 99.1. The Morgan fingerprint density at radius 2 is 2.33 bits per heavy atom. The second-order valence-electron chi connectivity index (χ2n) is 2.73. The van der Waals surface area contributed by atoms with Crippen LogP contribution in [0.25, 0.3) is 0 Å². The van der Waals surface area contributed by atoms with Crippen molar-refractivity contribution in [3.63, 3.8) is 0 Å². The normalized spacial score (nSPS) is 22.3. The molecule has 0 aromatic carbocycles. The molecule has 1 saturated carbocycles. The van der Waals surface area contributed by atoms with Crippen molar-refractivity contribution in [3.05, 3.63) is 0 Å². The summed E-state index contributed by atoms with van der Waals surface area (Å²) in [5.74, 6) is 0.728. The molecule has 0 spiro atoms. The molecular weight excluding hydrogens is 114 g/mol. The molecule has 2 heteroatoms. The van der Waals surface area contributed by atoms with E-state index in [1.54, 1.807) is 6.41 Å². The molecule has 1 rings (SSSR count). The van der Waals surface area contributed by atoms with Gasteiger partial charge in [0.2, 0.25) is 0 Å². The number of rotatable bonds is 3. The van der Waals surface area contributed by atoms with Crippen molar-refractivity contribution in [1.82, 2.24) is 5.32 Å². The van der Waals surface area contributed by atoms with E-state index in [0.717, 1.165) is 5.92 Å². The van der Waals surface area contributed by atoms with Gasteiger partial charge in [-0.15, -0.1) is 0 Å². The zero-order chi connectivity index (χ0) is 6.69. The Morgan fingerprint density at radius 1 is 1.67 bits per heavy atom. The summed E-state index contributed by atoms with van der Waals surface area (Å²) in [7, 11) is 0. The van der Waals surface area contributed by atoms with Gasteiger partial charge in [-0.25, -0.2) is 0 Å². The molecule has 1 amide bonds. The van der Waals surface area contributed by atoms with Crippen LogP contribution in [-0.2, 0) is 4.79 Å². The van der Waals surface area contributed by atoms with Crippen LogP contribution in [0.5, 0.6) is 0 Å². The number of amides is 1. The van der Waals surface area contributed by atoms with E-state index in [1.807, 2.05) is 6.92 Å². The van der Waals surface area contributed by atoms with E-state index in [0.29, 0.717) is 6.04 Å². The Labute approximate surface area is 55.6 Å². The molecule has 51 valence electrons. The van der Waals surface area contributed by atoms with Crippen LogP contribution >= 0.6 is 0 Å². The molecule has 1 fully saturated rings. The summed E-state index contributed by atoms with van der Waals surface area (Å²) in [6.07, 6.45) is 5.59.